The molecule has 1 aromatic rings. The third kappa shape index (κ3) is 3.95. The van der Waals surface area contributed by atoms with E-state index in [4.69, 9.17) is 11.6 Å². The Morgan fingerprint density at radius 1 is 1.32 bits per heavy atom. The lowest BCUT2D eigenvalue weighted by atomic mass is 9.94. The summed E-state index contributed by atoms with van der Waals surface area (Å²) in [4.78, 5) is 2.49. The summed E-state index contributed by atoms with van der Waals surface area (Å²) in [6, 6.07) is 8.21. The van der Waals surface area contributed by atoms with Gasteiger partial charge in [-0.2, -0.15) is 0 Å². The van der Waals surface area contributed by atoms with Crippen LogP contribution < -0.4 is 0 Å². The van der Waals surface area contributed by atoms with Crippen molar-refractivity contribution < 1.29 is 5.11 Å². The number of benzene rings is 1. The van der Waals surface area contributed by atoms with E-state index in [1.54, 1.807) is 0 Å². The topological polar surface area (TPSA) is 23.5 Å². The molecule has 1 aliphatic heterocycles. The minimum Gasteiger partial charge on any atom is -0.388 e. The van der Waals surface area contributed by atoms with Crippen molar-refractivity contribution in [3.63, 3.8) is 0 Å². The first-order chi connectivity index (χ1) is 9.08. The number of aliphatic hydroxyl groups is 1. The molecule has 1 saturated heterocycles. The van der Waals surface area contributed by atoms with Crippen LogP contribution in [-0.2, 0) is 0 Å². The Morgan fingerprint density at radius 2 is 2.05 bits per heavy atom. The Morgan fingerprint density at radius 3 is 2.79 bits per heavy atom. The molecule has 0 aliphatic carbocycles. The van der Waals surface area contributed by atoms with E-state index in [2.05, 4.69) is 18.7 Å². The van der Waals surface area contributed by atoms with Crippen LogP contribution >= 0.6 is 11.6 Å². The average molecular weight is 282 g/mol. The lowest BCUT2D eigenvalue weighted by Crippen LogP contribution is -2.41. The molecule has 0 radical (unpaired) electrons. The largest absolute Gasteiger partial charge is 0.388 e. The molecule has 3 heteroatoms. The first kappa shape index (κ1) is 14.8. The summed E-state index contributed by atoms with van der Waals surface area (Å²) in [7, 11) is 0. The normalized spacial score (nSPS) is 26.3. The molecule has 3 unspecified atom stereocenters. The van der Waals surface area contributed by atoms with Gasteiger partial charge in [0.25, 0.3) is 0 Å². The zero-order valence-electron chi connectivity index (χ0n) is 11.8. The predicted molar refractivity (Wildman–Crippen MR) is 80.5 cm³/mol. The van der Waals surface area contributed by atoms with Crippen LogP contribution in [0.15, 0.2) is 24.3 Å². The number of nitrogens with zero attached hydrogens (tertiary/aromatic N) is 1. The summed E-state index contributed by atoms with van der Waals surface area (Å²) >= 11 is 6.12. The third-order valence-corrected chi connectivity index (χ3v) is 4.54. The van der Waals surface area contributed by atoms with E-state index in [9.17, 15) is 5.11 Å². The second-order valence-electron chi connectivity index (χ2n) is 5.85. The van der Waals surface area contributed by atoms with Crippen molar-refractivity contribution in [1.29, 1.82) is 0 Å². The van der Waals surface area contributed by atoms with Gasteiger partial charge in [0.2, 0.25) is 0 Å². The molecule has 3 atom stereocenters. The van der Waals surface area contributed by atoms with E-state index in [1.807, 2.05) is 24.3 Å². The maximum Gasteiger partial charge on any atom is 0.0816 e. The molecule has 1 fully saturated rings. The van der Waals surface area contributed by atoms with Gasteiger partial charge in [-0.05, 0) is 43.7 Å². The van der Waals surface area contributed by atoms with Crippen molar-refractivity contribution in [1.82, 2.24) is 4.90 Å². The van der Waals surface area contributed by atoms with Crippen LogP contribution in [0.3, 0.4) is 0 Å². The fourth-order valence-corrected chi connectivity index (χ4v) is 3.14. The quantitative estimate of drug-likeness (QED) is 0.905. The molecule has 1 aromatic carbocycles. The number of hydrogen-bond acceptors (Lipinski definition) is 2. The highest BCUT2D eigenvalue weighted by Crippen LogP contribution is 2.27. The highest BCUT2D eigenvalue weighted by atomic mass is 35.5. The molecule has 1 N–H and O–H groups in total. The van der Waals surface area contributed by atoms with Crippen LogP contribution in [0.2, 0.25) is 5.02 Å². The summed E-state index contributed by atoms with van der Waals surface area (Å²) in [6.07, 6.45) is 2.88. The summed E-state index contributed by atoms with van der Waals surface area (Å²) < 4.78 is 0. The van der Waals surface area contributed by atoms with Crippen LogP contribution in [0.1, 0.15) is 44.8 Å². The van der Waals surface area contributed by atoms with Gasteiger partial charge in [-0.3, -0.25) is 0 Å². The standard InChI is InChI=1S/C16H24ClNO/c1-12-7-8-13(2)18(11-12)10-9-16(19)14-5-3-4-6-15(14)17/h3-6,12-13,16,19H,7-11H2,1-2H3. The van der Waals surface area contributed by atoms with Gasteiger partial charge >= 0.3 is 0 Å². The molecule has 2 rings (SSSR count). The lowest BCUT2D eigenvalue weighted by Gasteiger charge is -2.37. The van der Waals surface area contributed by atoms with Crippen LogP contribution in [-0.4, -0.2) is 29.1 Å². The van der Waals surface area contributed by atoms with Crippen LogP contribution in [0, 0.1) is 5.92 Å². The van der Waals surface area contributed by atoms with Gasteiger partial charge in [0.15, 0.2) is 0 Å². The van der Waals surface area contributed by atoms with E-state index in [1.165, 1.54) is 12.8 Å². The Bertz CT molecular complexity index is 409. The molecule has 0 saturated carbocycles. The molecule has 1 aliphatic rings. The third-order valence-electron chi connectivity index (χ3n) is 4.20. The van der Waals surface area contributed by atoms with Crippen LogP contribution in [0.25, 0.3) is 0 Å². The number of halogens is 1. The number of hydrogen-bond donors (Lipinski definition) is 1. The van der Waals surface area contributed by atoms with Crippen molar-refractivity contribution in [3.8, 4) is 0 Å². The Balaban J connectivity index is 1.89. The number of likely N-dealkylation sites (tertiary alicyclic amines) is 1. The first-order valence-electron chi connectivity index (χ1n) is 7.24. The van der Waals surface area contributed by atoms with E-state index < -0.39 is 6.10 Å². The summed E-state index contributed by atoms with van der Waals surface area (Å²) in [5.74, 6) is 0.772. The van der Waals surface area contributed by atoms with Gasteiger partial charge in [-0.25, -0.2) is 0 Å². The minimum atomic E-state index is -0.460. The van der Waals surface area contributed by atoms with Gasteiger partial charge in [0.05, 0.1) is 6.10 Å². The molecule has 1 heterocycles. The SMILES string of the molecule is CC1CCC(C)N(CCC(O)c2ccccc2Cl)C1. The van der Waals surface area contributed by atoms with Crippen molar-refractivity contribution in [2.75, 3.05) is 13.1 Å². The molecule has 2 nitrogen and oxygen atoms in total. The molecule has 19 heavy (non-hydrogen) atoms. The van der Waals surface area contributed by atoms with E-state index in [0.717, 1.165) is 31.0 Å². The molecule has 0 bridgehead atoms. The average Bonchev–Trinajstić information content (AvgIpc) is 2.40. The van der Waals surface area contributed by atoms with E-state index in [-0.39, 0.29) is 0 Å². The Hall–Kier alpha value is -0.570. The highest BCUT2D eigenvalue weighted by molar-refractivity contribution is 6.31. The highest BCUT2D eigenvalue weighted by Gasteiger charge is 2.23. The van der Waals surface area contributed by atoms with Gasteiger partial charge in [0, 0.05) is 24.2 Å². The smallest absolute Gasteiger partial charge is 0.0816 e. The minimum absolute atomic E-state index is 0.460. The molecule has 0 aromatic heterocycles. The van der Waals surface area contributed by atoms with Crippen LogP contribution in [0.4, 0.5) is 0 Å². The zero-order valence-corrected chi connectivity index (χ0v) is 12.6. The van der Waals surface area contributed by atoms with Gasteiger partial charge in [0.1, 0.15) is 0 Å². The van der Waals surface area contributed by atoms with E-state index in [0.29, 0.717) is 11.1 Å². The van der Waals surface area contributed by atoms with Gasteiger partial charge in [-0.15, -0.1) is 0 Å². The first-order valence-corrected chi connectivity index (χ1v) is 7.62. The summed E-state index contributed by atoms with van der Waals surface area (Å²) in [6.45, 7) is 6.69. The van der Waals surface area contributed by atoms with Crippen molar-refractivity contribution >= 4 is 11.6 Å². The molecule has 0 spiro atoms. The second-order valence-corrected chi connectivity index (χ2v) is 6.26. The van der Waals surface area contributed by atoms with Crippen molar-refractivity contribution in [3.05, 3.63) is 34.9 Å². The maximum atomic E-state index is 10.3. The van der Waals surface area contributed by atoms with Crippen LogP contribution in [0.5, 0.6) is 0 Å². The fraction of sp³-hybridized carbons (Fsp3) is 0.625. The summed E-state index contributed by atoms with van der Waals surface area (Å²) in [5, 5.41) is 10.9. The number of rotatable bonds is 4. The Labute approximate surface area is 121 Å². The van der Waals surface area contributed by atoms with Crippen molar-refractivity contribution in [2.24, 2.45) is 5.92 Å². The molecular formula is C16H24ClNO. The maximum absolute atomic E-state index is 10.3. The Kier molecular flexibility index (Phi) is 5.26. The molecule has 106 valence electrons. The zero-order chi connectivity index (χ0) is 13.8. The predicted octanol–water partition coefficient (Wildman–Crippen LogP) is 3.88. The van der Waals surface area contributed by atoms with Gasteiger partial charge < -0.3 is 10.0 Å². The van der Waals surface area contributed by atoms with Gasteiger partial charge in [-0.1, -0.05) is 36.7 Å². The monoisotopic (exact) mass is 281 g/mol. The fourth-order valence-electron chi connectivity index (χ4n) is 2.88. The lowest BCUT2D eigenvalue weighted by molar-refractivity contribution is 0.0907. The van der Waals surface area contributed by atoms with Crippen molar-refractivity contribution in [2.45, 2.75) is 45.3 Å². The number of aliphatic hydroxyl groups excluding tert-OH is 1. The molecule has 0 amide bonds. The number of piperidine rings is 1. The second kappa shape index (κ2) is 6.74. The summed E-state index contributed by atoms with van der Waals surface area (Å²) in [5.41, 5.74) is 0.849. The molecular weight excluding hydrogens is 258 g/mol. The van der Waals surface area contributed by atoms with E-state index >= 15 is 0 Å².